The van der Waals surface area contributed by atoms with Crippen LogP contribution in [0.5, 0.6) is 11.5 Å². The molecule has 3 aromatic carbocycles. The quantitative estimate of drug-likeness (QED) is 0.254. The number of aromatic hydroxyl groups is 1. The van der Waals surface area contributed by atoms with Gasteiger partial charge in [0.2, 0.25) is 0 Å². The lowest BCUT2D eigenvalue weighted by Gasteiger charge is -2.28. The van der Waals surface area contributed by atoms with Crippen LogP contribution >= 0.6 is 12.6 Å². The number of thiol groups is 1. The zero-order valence-corrected chi connectivity index (χ0v) is 19.9. The highest BCUT2D eigenvalue weighted by Gasteiger charge is 2.30. The minimum Gasteiger partial charge on any atom is -0.505 e. The van der Waals surface area contributed by atoms with Crippen molar-refractivity contribution in [1.82, 2.24) is 0 Å². The van der Waals surface area contributed by atoms with Crippen molar-refractivity contribution in [2.45, 2.75) is 25.6 Å². The molecule has 0 saturated carbocycles. The van der Waals surface area contributed by atoms with Gasteiger partial charge in [0, 0.05) is 12.1 Å². The van der Waals surface area contributed by atoms with E-state index in [0.29, 0.717) is 11.4 Å². The van der Waals surface area contributed by atoms with Gasteiger partial charge in [-0.3, -0.25) is 10.1 Å². The second kappa shape index (κ2) is 12.7. The highest BCUT2D eigenvalue weighted by molar-refractivity contribution is 7.81. The highest BCUT2D eigenvalue weighted by atomic mass is 32.1. The molecular weight excluding hydrogens is 473 g/mol. The van der Waals surface area contributed by atoms with Crippen LogP contribution in [-0.4, -0.2) is 35.6 Å². The Labute approximate surface area is 208 Å². The maximum absolute atomic E-state index is 14.2. The number of nitrogens with one attached hydrogen (secondary N) is 1. The number of halogens is 1. The molecule has 35 heavy (non-hydrogen) atoms. The van der Waals surface area contributed by atoms with Crippen LogP contribution in [0.1, 0.15) is 23.7 Å². The molecule has 0 aliphatic heterocycles. The molecule has 0 heterocycles. The van der Waals surface area contributed by atoms with Gasteiger partial charge in [0.25, 0.3) is 0 Å². The number of aryl methyl sites for hydroxylation is 1. The lowest BCUT2D eigenvalue weighted by atomic mass is 10.0. The van der Waals surface area contributed by atoms with E-state index >= 15 is 0 Å². The number of hydrogen-bond acceptors (Lipinski definition) is 7. The van der Waals surface area contributed by atoms with E-state index in [0.717, 1.165) is 11.6 Å². The molecule has 0 spiro atoms. The minimum absolute atomic E-state index is 0.0447. The molecule has 0 aliphatic rings. The molecule has 184 valence electrons. The Hall–Kier alpha value is -3.72. The van der Waals surface area contributed by atoms with Crippen molar-refractivity contribution >= 4 is 30.4 Å². The van der Waals surface area contributed by atoms with Crippen molar-refractivity contribution in [3.05, 3.63) is 89.7 Å². The average molecular weight is 500 g/mol. The number of amides is 1. The molecule has 3 aromatic rings. The number of carbonyl (C=O) groups is 2. The standard InChI is InChI=1S/C26H26FNO6S/c1-17-7-10-19(11-8-17)28-26(31)34-25(18-9-12-22(29)21(27)15-18)23(13-14-32-24(30)16-35)33-20-5-3-2-4-6-20/h2-12,15,23,25,29,35H,13-14,16H2,1H3,(H,28,31)/t23-,25-/m0/s1. The first-order chi connectivity index (χ1) is 16.9. The molecule has 9 heteroatoms. The molecule has 2 N–H and O–H groups in total. The Kier molecular flexibility index (Phi) is 9.37. The zero-order valence-electron chi connectivity index (χ0n) is 19.0. The van der Waals surface area contributed by atoms with Gasteiger partial charge in [-0.2, -0.15) is 12.6 Å². The Morgan fingerprint density at radius 1 is 1.06 bits per heavy atom. The fourth-order valence-electron chi connectivity index (χ4n) is 3.24. The number of anilines is 1. The lowest BCUT2D eigenvalue weighted by molar-refractivity contribution is -0.141. The van der Waals surface area contributed by atoms with Gasteiger partial charge in [-0.1, -0.05) is 42.0 Å². The Balaban J connectivity index is 1.88. The number of phenols is 1. The van der Waals surface area contributed by atoms with Gasteiger partial charge in [-0.15, -0.1) is 0 Å². The molecule has 0 bridgehead atoms. The normalized spacial score (nSPS) is 12.3. The summed E-state index contributed by atoms with van der Waals surface area (Å²) in [6, 6.07) is 19.6. The van der Waals surface area contributed by atoms with E-state index in [1.807, 2.05) is 25.1 Å². The number of esters is 1. The molecule has 2 atom stereocenters. The third-order valence-corrected chi connectivity index (χ3v) is 5.25. The second-order valence-corrected chi connectivity index (χ2v) is 7.98. The molecule has 0 radical (unpaired) electrons. The maximum Gasteiger partial charge on any atom is 0.412 e. The fourth-order valence-corrected chi connectivity index (χ4v) is 3.33. The van der Waals surface area contributed by atoms with E-state index in [-0.39, 0.29) is 24.3 Å². The highest BCUT2D eigenvalue weighted by Crippen LogP contribution is 2.31. The number of rotatable bonds is 10. The molecule has 0 aromatic heterocycles. The number of hydrogen-bond donors (Lipinski definition) is 3. The first-order valence-corrected chi connectivity index (χ1v) is 11.5. The number of ether oxygens (including phenoxy) is 3. The summed E-state index contributed by atoms with van der Waals surface area (Å²) in [6.45, 7) is 1.88. The summed E-state index contributed by atoms with van der Waals surface area (Å²) in [6.07, 6.45) is -2.64. The van der Waals surface area contributed by atoms with Crippen LogP contribution in [0.3, 0.4) is 0 Å². The van der Waals surface area contributed by atoms with Crippen LogP contribution < -0.4 is 10.1 Å². The monoisotopic (exact) mass is 499 g/mol. The van der Waals surface area contributed by atoms with Crippen LogP contribution in [0.25, 0.3) is 0 Å². The average Bonchev–Trinajstić information content (AvgIpc) is 2.85. The van der Waals surface area contributed by atoms with Crippen LogP contribution in [-0.2, 0) is 14.3 Å². The van der Waals surface area contributed by atoms with Crippen LogP contribution in [0.15, 0.2) is 72.8 Å². The molecule has 3 rings (SSSR count). The topological polar surface area (TPSA) is 94.1 Å². The maximum atomic E-state index is 14.2. The first-order valence-electron chi connectivity index (χ1n) is 10.9. The number of carbonyl (C=O) groups excluding carboxylic acids is 2. The molecule has 0 aliphatic carbocycles. The second-order valence-electron chi connectivity index (χ2n) is 7.66. The minimum atomic E-state index is -1.11. The van der Waals surface area contributed by atoms with Gasteiger partial charge in [0.15, 0.2) is 17.7 Å². The van der Waals surface area contributed by atoms with Gasteiger partial charge < -0.3 is 19.3 Å². The predicted octanol–water partition coefficient (Wildman–Crippen LogP) is 5.44. The third kappa shape index (κ3) is 7.92. The summed E-state index contributed by atoms with van der Waals surface area (Å²) in [7, 11) is 0. The SMILES string of the molecule is Cc1ccc(NC(=O)O[C@@H](c2ccc(O)c(F)c2)[C@H](CCOC(=O)CS)Oc2ccccc2)cc1. The van der Waals surface area contributed by atoms with Gasteiger partial charge in [0.1, 0.15) is 11.9 Å². The van der Waals surface area contributed by atoms with Gasteiger partial charge in [-0.05, 0) is 48.9 Å². The van der Waals surface area contributed by atoms with Gasteiger partial charge in [0.05, 0.1) is 12.4 Å². The Morgan fingerprint density at radius 2 is 1.77 bits per heavy atom. The van der Waals surface area contributed by atoms with E-state index in [1.54, 1.807) is 36.4 Å². The summed E-state index contributed by atoms with van der Waals surface area (Å²) in [5.74, 6) is -1.55. The molecular formula is C26H26FNO6S. The largest absolute Gasteiger partial charge is 0.505 e. The number of benzene rings is 3. The molecule has 1 amide bonds. The Morgan fingerprint density at radius 3 is 2.43 bits per heavy atom. The first kappa shape index (κ1) is 25.9. The molecule has 0 fully saturated rings. The van der Waals surface area contributed by atoms with Crippen molar-refractivity contribution in [1.29, 1.82) is 0 Å². The number of phenolic OH excluding ortho intramolecular Hbond substituents is 1. The van der Waals surface area contributed by atoms with Crippen molar-refractivity contribution in [3.8, 4) is 11.5 Å². The van der Waals surface area contributed by atoms with Crippen LogP contribution in [0, 0.1) is 12.7 Å². The Bertz CT molecular complexity index is 1130. The van der Waals surface area contributed by atoms with E-state index in [1.165, 1.54) is 12.1 Å². The smallest absolute Gasteiger partial charge is 0.412 e. The van der Waals surface area contributed by atoms with E-state index < -0.39 is 35.8 Å². The van der Waals surface area contributed by atoms with E-state index in [2.05, 4.69) is 17.9 Å². The third-order valence-electron chi connectivity index (χ3n) is 5.00. The summed E-state index contributed by atoms with van der Waals surface area (Å²) in [4.78, 5) is 24.4. The van der Waals surface area contributed by atoms with Crippen molar-refractivity contribution in [3.63, 3.8) is 0 Å². The van der Waals surface area contributed by atoms with E-state index in [9.17, 15) is 19.1 Å². The van der Waals surface area contributed by atoms with Gasteiger partial charge in [-0.25, -0.2) is 9.18 Å². The lowest BCUT2D eigenvalue weighted by Crippen LogP contribution is -2.32. The predicted molar refractivity (Wildman–Crippen MR) is 132 cm³/mol. The summed E-state index contributed by atoms with van der Waals surface area (Å²) in [5.41, 5.74) is 1.79. The van der Waals surface area contributed by atoms with Crippen LogP contribution in [0.2, 0.25) is 0 Å². The molecule has 0 unspecified atom stereocenters. The van der Waals surface area contributed by atoms with Gasteiger partial charge >= 0.3 is 12.1 Å². The van der Waals surface area contributed by atoms with Crippen LogP contribution in [0.4, 0.5) is 14.9 Å². The van der Waals surface area contributed by atoms with Crippen molar-refractivity contribution in [2.24, 2.45) is 0 Å². The zero-order chi connectivity index (χ0) is 25.2. The molecule has 0 saturated heterocycles. The summed E-state index contributed by atoms with van der Waals surface area (Å²) >= 11 is 3.89. The van der Waals surface area contributed by atoms with Crippen molar-refractivity contribution < 1.29 is 33.3 Å². The fraction of sp³-hybridized carbons (Fsp3) is 0.231. The summed E-state index contributed by atoms with van der Waals surface area (Å²) < 4.78 is 31.2. The number of para-hydroxylation sites is 1. The molecule has 7 nitrogen and oxygen atoms in total. The summed E-state index contributed by atoms with van der Waals surface area (Å²) in [5, 5.41) is 12.3. The van der Waals surface area contributed by atoms with Crippen molar-refractivity contribution in [2.75, 3.05) is 17.7 Å². The van der Waals surface area contributed by atoms with E-state index in [4.69, 9.17) is 14.2 Å².